The Morgan fingerprint density at radius 1 is 1.33 bits per heavy atom. The Labute approximate surface area is 97.1 Å². The van der Waals surface area contributed by atoms with E-state index in [0.717, 1.165) is 10.0 Å². The summed E-state index contributed by atoms with van der Waals surface area (Å²) in [6.45, 7) is 5.68. The minimum atomic E-state index is -0.282. The number of hydrogen-bond acceptors (Lipinski definition) is 2. The first kappa shape index (κ1) is 10.4. The number of esters is 1. The maximum Gasteiger partial charge on any atom is 0.334 e. The van der Waals surface area contributed by atoms with Gasteiger partial charge in [-0.2, -0.15) is 0 Å². The molecule has 0 bridgehead atoms. The lowest BCUT2D eigenvalue weighted by Crippen LogP contribution is -2.04. The summed E-state index contributed by atoms with van der Waals surface area (Å²) in [4.78, 5) is 11.3. The van der Waals surface area contributed by atoms with E-state index in [1.165, 1.54) is 0 Å². The van der Waals surface area contributed by atoms with E-state index in [1.54, 1.807) is 0 Å². The summed E-state index contributed by atoms with van der Waals surface area (Å²) >= 11 is 3.37. The van der Waals surface area contributed by atoms with Gasteiger partial charge in [0.15, 0.2) is 0 Å². The summed E-state index contributed by atoms with van der Waals surface area (Å²) in [7, 11) is 0. The SMILES string of the molecule is C=C1C(=O)O[C@H](c2ccc(Br)cc2)[C@@H]1C. The van der Waals surface area contributed by atoms with Crippen molar-refractivity contribution in [2.45, 2.75) is 13.0 Å². The van der Waals surface area contributed by atoms with Crippen molar-refractivity contribution in [1.82, 2.24) is 0 Å². The summed E-state index contributed by atoms with van der Waals surface area (Å²) in [6.07, 6.45) is -0.182. The van der Waals surface area contributed by atoms with Crippen molar-refractivity contribution in [1.29, 1.82) is 0 Å². The fourth-order valence-electron chi connectivity index (χ4n) is 1.67. The molecule has 2 atom stereocenters. The highest BCUT2D eigenvalue weighted by Gasteiger charge is 2.36. The number of carbonyl (C=O) groups excluding carboxylic acids is 1. The van der Waals surface area contributed by atoms with Gasteiger partial charge < -0.3 is 4.74 Å². The number of cyclic esters (lactones) is 1. The highest BCUT2D eigenvalue weighted by molar-refractivity contribution is 9.10. The van der Waals surface area contributed by atoms with Gasteiger partial charge in [0.1, 0.15) is 6.10 Å². The predicted molar refractivity (Wildman–Crippen MR) is 61.3 cm³/mol. The molecule has 0 spiro atoms. The molecule has 1 heterocycles. The van der Waals surface area contributed by atoms with E-state index in [0.29, 0.717) is 5.57 Å². The normalized spacial score (nSPS) is 25.5. The number of rotatable bonds is 1. The molecule has 2 rings (SSSR count). The molecule has 1 aliphatic heterocycles. The summed E-state index contributed by atoms with van der Waals surface area (Å²) in [5.41, 5.74) is 1.57. The minimum absolute atomic E-state index is 0.0543. The van der Waals surface area contributed by atoms with E-state index in [9.17, 15) is 4.79 Å². The van der Waals surface area contributed by atoms with E-state index in [2.05, 4.69) is 22.5 Å². The lowest BCUT2D eigenvalue weighted by atomic mass is 9.94. The Hall–Kier alpha value is -1.09. The number of benzene rings is 1. The second-order valence-corrected chi connectivity index (χ2v) is 4.61. The van der Waals surface area contributed by atoms with Crippen LogP contribution in [0, 0.1) is 5.92 Å². The highest BCUT2D eigenvalue weighted by Crippen LogP contribution is 2.37. The fraction of sp³-hybridized carbons (Fsp3) is 0.250. The van der Waals surface area contributed by atoms with Gasteiger partial charge >= 0.3 is 5.97 Å². The van der Waals surface area contributed by atoms with Crippen molar-refractivity contribution in [3.05, 3.63) is 46.5 Å². The van der Waals surface area contributed by atoms with Gasteiger partial charge in [-0.1, -0.05) is 41.6 Å². The van der Waals surface area contributed by atoms with E-state index in [4.69, 9.17) is 4.74 Å². The van der Waals surface area contributed by atoms with Gasteiger partial charge in [0.2, 0.25) is 0 Å². The van der Waals surface area contributed by atoms with Crippen LogP contribution >= 0.6 is 15.9 Å². The molecule has 0 radical (unpaired) electrons. The first-order valence-corrected chi connectivity index (χ1v) is 5.54. The van der Waals surface area contributed by atoms with Crippen LogP contribution in [0.3, 0.4) is 0 Å². The Bertz CT molecular complexity index is 408. The lowest BCUT2D eigenvalue weighted by molar-refractivity contribution is -0.139. The average molecular weight is 267 g/mol. The molecular weight excluding hydrogens is 256 g/mol. The van der Waals surface area contributed by atoms with Crippen LogP contribution in [-0.2, 0) is 9.53 Å². The number of carbonyl (C=O) groups is 1. The Morgan fingerprint density at radius 3 is 2.40 bits per heavy atom. The van der Waals surface area contributed by atoms with Crippen LogP contribution < -0.4 is 0 Å². The number of hydrogen-bond donors (Lipinski definition) is 0. The van der Waals surface area contributed by atoms with Crippen LogP contribution in [0.15, 0.2) is 40.9 Å². The van der Waals surface area contributed by atoms with Crippen molar-refractivity contribution >= 4 is 21.9 Å². The van der Waals surface area contributed by atoms with Gasteiger partial charge in [0.05, 0.1) is 0 Å². The molecule has 0 unspecified atom stereocenters. The third-order valence-corrected chi connectivity index (χ3v) is 3.23. The fourth-order valence-corrected chi connectivity index (χ4v) is 1.94. The van der Waals surface area contributed by atoms with Gasteiger partial charge in [-0.3, -0.25) is 0 Å². The molecule has 1 aromatic rings. The van der Waals surface area contributed by atoms with E-state index in [-0.39, 0.29) is 18.0 Å². The third-order valence-electron chi connectivity index (χ3n) is 2.70. The summed E-state index contributed by atoms with van der Waals surface area (Å²) < 4.78 is 6.27. The lowest BCUT2D eigenvalue weighted by Gasteiger charge is -2.13. The minimum Gasteiger partial charge on any atom is -0.453 e. The zero-order valence-electron chi connectivity index (χ0n) is 8.37. The highest BCUT2D eigenvalue weighted by atomic mass is 79.9. The smallest absolute Gasteiger partial charge is 0.334 e. The van der Waals surface area contributed by atoms with Crippen LogP contribution in [0.1, 0.15) is 18.6 Å². The van der Waals surface area contributed by atoms with Crippen LogP contribution in [0.5, 0.6) is 0 Å². The molecule has 0 N–H and O–H groups in total. The van der Waals surface area contributed by atoms with E-state index >= 15 is 0 Å². The van der Waals surface area contributed by atoms with Crippen molar-refractivity contribution in [3.8, 4) is 0 Å². The van der Waals surface area contributed by atoms with Crippen LogP contribution in [0.25, 0.3) is 0 Å². The van der Waals surface area contributed by atoms with Gasteiger partial charge in [0.25, 0.3) is 0 Å². The van der Waals surface area contributed by atoms with Crippen LogP contribution in [-0.4, -0.2) is 5.97 Å². The monoisotopic (exact) mass is 266 g/mol. The Kier molecular flexibility index (Phi) is 2.65. The van der Waals surface area contributed by atoms with Crippen molar-refractivity contribution < 1.29 is 9.53 Å². The molecule has 15 heavy (non-hydrogen) atoms. The molecule has 3 heteroatoms. The van der Waals surface area contributed by atoms with Crippen molar-refractivity contribution in [3.63, 3.8) is 0 Å². The van der Waals surface area contributed by atoms with Gasteiger partial charge in [0, 0.05) is 16.0 Å². The number of halogens is 1. The molecule has 1 fully saturated rings. The number of ether oxygens (including phenoxy) is 1. The molecule has 1 aliphatic rings. The average Bonchev–Trinajstić information content (AvgIpc) is 2.47. The second-order valence-electron chi connectivity index (χ2n) is 3.69. The van der Waals surface area contributed by atoms with Gasteiger partial charge in [-0.15, -0.1) is 0 Å². The molecule has 1 saturated heterocycles. The predicted octanol–water partition coefficient (Wildman–Crippen LogP) is 3.24. The van der Waals surface area contributed by atoms with Gasteiger partial charge in [-0.25, -0.2) is 4.79 Å². The second kappa shape index (κ2) is 3.81. The van der Waals surface area contributed by atoms with Crippen molar-refractivity contribution in [2.75, 3.05) is 0 Å². The molecular formula is C12H11BrO2. The largest absolute Gasteiger partial charge is 0.453 e. The van der Waals surface area contributed by atoms with Crippen molar-refractivity contribution in [2.24, 2.45) is 5.92 Å². The molecule has 0 amide bonds. The summed E-state index contributed by atoms with van der Waals surface area (Å²) in [6, 6.07) is 7.79. The standard InChI is InChI=1S/C12H11BrO2/c1-7-8(2)12(14)15-11(7)9-3-5-10(13)6-4-9/h3-7,11H,2H2,1H3/t7-,11+/m1/s1. The summed E-state index contributed by atoms with van der Waals surface area (Å²) in [5, 5.41) is 0. The van der Waals surface area contributed by atoms with Gasteiger partial charge in [-0.05, 0) is 17.7 Å². The van der Waals surface area contributed by atoms with Crippen LogP contribution in [0.4, 0.5) is 0 Å². The summed E-state index contributed by atoms with van der Waals surface area (Å²) in [5.74, 6) is -0.228. The first-order chi connectivity index (χ1) is 7.09. The quantitative estimate of drug-likeness (QED) is 0.576. The van der Waals surface area contributed by atoms with E-state index in [1.807, 2.05) is 31.2 Å². The molecule has 0 aliphatic carbocycles. The molecule has 0 saturated carbocycles. The van der Waals surface area contributed by atoms with E-state index < -0.39 is 0 Å². The Morgan fingerprint density at radius 2 is 1.93 bits per heavy atom. The zero-order valence-corrected chi connectivity index (χ0v) is 9.95. The Balaban J connectivity index is 2.29. The molecule has 0 aromatic heterocycles. The zero-order chi connectivity index (χ0) is 11.0. The molecule has 78 valence electrons. The molecule has 1 aromatic carbocycles. The maximum atomic E-state index is 11.3. The third kappa shape index (κ3) is 1.84. The topological polar surface area (TPSA) is 26.3 Å². The molecule has 2 nitrogen and oxygen atoms in total. The first-order valence-electron chi connectivity index (χ1n) is 4.75. The van der Waals surface area contributed by atoms with Crippen LogP contribution in [0.2, 0.25) is 0 Å². The maximum absolute atomic E-state index is 11.3.